The van der Waals surface area contributed by atoms with Crippen LogP contribution >= 0.6 is 0 Å². The Bertz CT molecular complexity index is 591. The van der Waals surface area contributed by atoms with Gasteiger partial charge in [0, 0.05) is 0 Å². The quantitative estimate of drug-likeness (QED) is 0.892. The van der Waals surface area contributed by atoms with Gasteiger partial charge in [-0.05, 0) is 50.1 Å². The number of aliphatic hydroxyl groups is 1. The van der Waals surface area contributed by atoms with E-state index in [9.17, 15) is 9.50 Å². The Morgan fingerprint density at radius 2 is 1.68 bits per heavy atom. The van der Waals surface area contributed by atoms with Crippen LogP contribution in [0.1, 0.15) is 29.7 Å². The molecule has 0 heterocycles. The zero-order chi connectivity index (χ0) is 14.0. The molecule has 3 heteroatoms. The molecule has 0 saturated heterocycles. The number of ether oxygens (including phenoxy) is 1. The second-order valence-corrected chi connectivity index (χ2v) is 4.63. The predicted octanol–water partition coefficient (Wildman–Crippen LogP) is 4.29. The van der Waals surface area contributed by atoms with Crippen LogP contribution in [0.15, 0.2) is 36.4 Å². The molecule has 0 saturated carbocycles. The fourth-order valence-corrected chi connectivity index (χ4v) is 1.96. The lowest BCUT2D eigenvalue weighted by Crippen LogP contribution is -2.00. The van der Waals surface area contributed by atoms with Gasteiger partial charge in [0.05, 0.1) is 11.7 Å². The highest BCUT2D eigenvalue weighted by atomic mass is 19.1. The molecule has 100 valence electrons. The highest BCUT2D eigenvalue weighted by Gasteiger charge is 2.16. The van der Waals surface area contributed by atoms with Crippen molar-refractivity contribution in [2.75, 3.05) is 0 Å². The van der Waals surface area contributed by atoms with Gasteiger partial charge in [0.25, 0.3) is 0 Å². The SMILES string of the molecule is Cc1cccc(Oc2cccc(F)c2C(C)O)c1C. The molecule has 2 aromatic carbocycles. The van der Waals surface area contributed by atoms with Gasteiger partial charge in [0.2, 0.25) is 0 Å². The Kier molecular flexibility index (Phi) is 3.86. The number of rotatable bonds is 3. The normalized spacial score (nSPS) is 12.3. The average molecular weight is 260 g/mol. The molecular weight excluding hydrogens is 243 g/mol. The van der Waals surface area contributed by atoms with Crippen molar-refractivity contribution in [2.45, 2.75) is 26.9 Å². The Hall–Kier alpha value is -1.87. The number of hydrogen-bond donors (Lipinski definition) is 1. The minimum Gasteiger partial charge on any atom is -0.457 e. The Labute approximate surface area is 112 Å². The first-order valence-electron chi connectivity index (χ1n) is 6.21. The first-order chi connectivity index (χ1) is 9.00. The highest BCUT2D eigenvalue weighted by molar-refractivity contribution is 5.44. The van der Waals surface area contributed by atoms with Gasteiger partial charge in [-0.25, -0.2) is 4.39 Å². The molecule has 1 unspecified atom stereocenters. The minimum absolute atomic E-state index is 0.184. The molecule has 1 N–H and O–H groups in total. The van der Waals surface area contributed by atoms with Gasteiger partial charge in [-0.3, -0.25) is 0 Å². The summed E-state index contributed by atoms with van der Waals surface area (Å²) in [6, 6.07) is 10.3. The molecule has 0 amide bonds. The zero-order valence-electron chi connectivity index (χ0n) is 11.3. The third-order valence-corrected chi connectivity index (χ3v) is 3.21. The average Bonchev–Trinajstić information content (AvgIpc) is 2.34. The van der Waals surface area contributed by atoms with Gasteiger partial charge in [0.1, 0.15) is 17.3 Å². The topological polar surface area (TPSA) is 29.5 Å². The van der Waals surface area contributed by atoms with E-state index >= 15 is 0 Å². The summed E-state index contributed by atoms with van der Waals surface area (Å²) in [6.07, 6.45) is -0.915. The largest absolute Gasteiger partial charge is 0.457 e. The maximum atomic E-state index is 13.7. The van der Waals surface area contributed by atoms with Crippen LogP contribution in [0, 0.1) is 19.7 Å². The molecule has 0 radical (unpaired) electrons. The third-order valence-electron chi connectivity index (χ3n) is 3.21. The van der Waals surface area contributed by atoms with Gasteiger partial charge in [-0.2, -0.15) is 0 Å². The minimum atomic E-state index is -0.915. The van der Waals surface area contributed by atoms with Crippen molar-refractivity contribution in [2.24, 2.45) is 0 Å². The standard InChI is InChI=1S/C16H17FO2/c1-10-6-4-8-14(11(10)2)19-15-9-5-7-13(17)16(15)12(3)18/h4-9,12,18H,1-3H3. The van der Waals surface area contributed by atoms with Crippen molar-refractivity contribution in [3.8, 4) is 11.5 Å². The van der Waals surface area contributed by atoms with Gasteiger partial charge in [0.15, 0.2) is 0 Å². The fraction of sp³-hybridized carbons (Fsp3) is 0.250. The first kappa shape index (κ1) is 13.6. The maximum absolute atomic E-state index is 13.7. The number of benzene rings is 2. The maximum Gasteiger partial charge on any atom is 0.136 e. The molecule has 0 aliphatic rings. The molecule has 0 bridgehead atoms. The molecular formula is C16H17FO2. The summed E-state index contributed by atoms with van der Waals surface area (Å²) < 4.78 is 19.5. The van der Waals surface area contributed by atoms with Crippen LogP contribution < -0.4 is 4.74 Å². The van der Waals surface area contributed by atoms with Crippen LogP contribution in [0.25, 0.3) is 0 Å². The van der Waals surface area contributed by atoms with Gasteiger partial charge < -0.3 is 9.84 Å². The van der Waals surface area contributed by atoms with E-state index in [1.54, 1.807) is 12.1 Å². The molecule has 0 aliphatic carbocycles. The van der Waals surface area contributed by atoms with Crippen LogP contribution in [-0.4, -0.2) is 5.11 Å². The molecule has 0 fully saturated rings. The summed E-state index contributed by atoms with van der Waals surface area (Å²) in [5.41, 5.74) is 2.29. The summed E-state index contributed by atoms with van der Waals surface area (Å²) in [4.78, 5) is 0. The molecule has 2 aromatic rings. The predicted molar refractivity (Wildman–Crippen MR) is 73.0 cm³/mol. The van der Waals surface area contributed by atoms with E-state index in [1.807, 2.05) is 32.0 Å². The van der Waals surface area contributed by atoms with Crippen molar-refractivity contribution in [1.29, 1.82) is 0 Å². The summed E-state index contributed by atoms with van der Waals surface area (Å²) in [5, 5.41) is 9.67. The van der Waals surface area contributed by atoms with E-state index in [4.69, 9.17) is 4.74 Å². The van der Waals surface area contributed by atoms with Crippen LogP contribution in [0.5, 0.6) is 11.5 Å². The van der Waals surface area contributed by atoms with E-state index in [0.29, 0.717) is 11.5 Å². The first-order valence-corrected chi connectivity index (χ1v) is 6.21. The summed E-state index contributed by atoms with van der Waals surface area (Å²) in [7, 11) is 0. The van der Waals surface area contributed by atoms with Crippen LogP contribution in [0.4, 0.5) is 4.39 Å². The third kappa shape index (κ3) is 2.76. The molecule has 1 atom stereocenters. The lowest BCUT2D eigenvalue weighted by Gasteiger charge is -2.15. The number of aliphatic hydroxyl groups excluding tert-OH is 1. The van der Waals surface area contributed by atoms with Crippen molar-refractivity contribution in [3.63, 3.8) is 0 Å². The molecule has 0 spiro atoms. The van der Waals surface area contributed by atoms with Crippen molar-refractivity contribution < 1.29 is 14.2 Å². The number of halogens is 1. The van der Waals surface area contributed by atoms with Crippen LogP contribution in [0.2, 0.25) is 0 Å². The molecule has 2 rings (SSSR count). The van der Waals surface area contributed by atoms with E-state index in [2.05, 4.69) is 0 Å². The summed E-state index contributed by atoms with van der Waals surface area (Å²) in [6.45, 7) is 5.46. The van der Waals surface area contributed by atoms with Gasteiger partial charge >= 0.3 is 0 Å². The monoisotopic (exact) mass is 260 g/mol. The van der Waals surface area contributed by atoms with E-state index in [1.165, 1.54) is 13.0 Å². The second kappa shape index (κ2) is 5.41. The van der Waals surface area contributed by atoms with E-state index in [0.717, 1.165) is 11.1 Å². The Balaban J connectivity index is 2.44. The number of hydrogen-bond acceptors (Lipinski definition) is 2. The smallest absolute Gasteiger partial charge is 0.136 e. The summed E-state index contributed by atoms with van der Waals surface area (Å²) >= 11 is 0. The second-order valence-electron chi connectivity index (χ2n) is 4.63. The van der Waals surface area contributed by atoms with Gasteiger partial charge in [-0.1, -0.05) is 18.2 Å². The molecule has 0 aromatic heterocycles. The van der Waals surface area contributed by atoms with Gasteiger partial charge in [-0.15, -0.1) is 0 Å². The zero-order valence-corrected chi connectivity index (χ0v) is 11.3. The molecule has 0 aliphatic heterocycles. The Morgan fingerprint density at radius 1 is 1.05 bits per heavy atom. The highest BCUT2D eigenvalue weighted by Crippen LogP contribution is 2.33. The lowest BCUT2D eigenvalue weighted by atomic mass is 10.1. The molecule has 19 heavy (non-hydrogen) atoms. The number of aryl methyl sites for hydroxylation is 1. The summed E-state index contributed by atoms with van der Waals surface area (Å²) in [5.74, 6) is 0.564. The Morgan fingerprint density at radius 3 is 2.37 bits per heavy atom. The van der Waals surface area contributed by atoms with Crippen LogP contribution in [0.3, 0.4) is 0 Å². The van der Waals surface area contributed by atoms with Crippen molar-refractivity contribution in [3.05, 3.63) is 58.9 Å². The molecule has 2 nitrogen and oxygen atoms in total. The lowest BCUT2D eigenvalue weighted by molar-refractivity contribution is 0.190. The van der Waals surface area contributed by atoms with Crippen LogP contribution in [-0.2, 0) is 0 Å². The fourth-order valence-electron chi connectivity index (χ4n) is 1.96. The van der Waals surface area contributed by atoms with E-state index < -0.39 is 11.9 Å². The van der Waals surface area contributed by atoms with Crippen molar-refractivity contribution in [1.82, 2.24) is 0 Å². The van der Waals surface area contributed by atoms with Crippen molar-refractivity contribution >= 4 is 0 Å². The van der Waals surface area contributed by atoms with E-state index in [-0.39, 0.29) is 5.56 Å².